The second kappa shape index (κ2) is 8.97. The van der Waals surface area contributed by atoms with E-state index >= 15 is 0 Å². The fourth-order valence-electron chi connectivity index (χ4n) is 9.29. The van der Waals surface area contributed by atoms with Crippen LogP contribution in [0, 0.1) is 46.3 Å². The standard InChI is InChI=1S/C27H46O4/c1-6-31-23-16-18-15-19(30-5)11-13-26(18,3)22-12-14-27(4)20(8-9-21(27)25(22)23)17(2)7-10-24(28)29/h17-23,25H,6-16H2,1-5H3,(H,28,29). The van der Waals surface area contributed by atoms with Crippen LogP contribution in [-0.2, 0) is 14.3 Å². The number of carboxylic acids is 1. The van der Waals surface area contributed by atoms with Crippen molar-refractivity contribution in [3.8, 4) is 0 Å². The topological polar surface area (TPSA) is 55.8 Å². The summed E-state index contributed by atoms with van der Waals surface area (Å²) in [6.07, 6.45) is 12.1. The zero-order valence-corrected chi connectivity index (χ0v) is 20.6. The third kappa shape index (κ3) is 3.98. The van der Waals surface area contributed by atoms with Crippen LogP contribution in [0.15, 0.2) is 0 Å². The molecule has 4 aliphatic rings. The van der Waals surface area contributed by atoms with E-state index in [4.69, 9.17) is 9.47 Å². The largest absolute Gasteiger partial charge is 0.481 e. The molecule has 4 rings (SSSR count). The van der Waals surface area contributed by atoms with Gasteiger partial charge in [-0.25, -0.2) is 0 Å². The summed E-state index contributed by atoms with van der Waals surface area (Å²) < 4.78 is 12.3. The normalized spacial score (nSPS) is 47.8. The maximum absolute atomic E-state index is 11.2. The van der Waals surface area contributed by atoms with Gasteiger partial charge in [-0.15, -0.1) is 0 Å². The number of methoxy groups -OCH3 is 1. The van der Waals surface area contributed by atoms with Crippen molar-refractivity contribution in [2.75, 3.05) is 13.7 Å². The Balaban J connectivity index is 1.58. The van der Waals surface area contributed by atoms with Gasteiger partial charge in [0.2, 0.25) is 0 Å². The minimum Gasteiger partial charge on any atom is -0.481 e. The number of ether oxygens (including phenoxy) is 2. The van der Waals surface area contributed by atoms with E-state index < -0.39 is 5.97 Å². The molecule has 4 fully saturated rings. The Morgan fingerprint density at radius 3 is 2.45 bits per heavy atom. The molecule has 31 heavy (non-hydrogen) atoms. The summed E-state index contributed by atoms with van der Waals surface area (Å²) in [5, 5.41) is 9.20. The first-order valence-corrected chi connectivity index (χ1v) is 13.1. The Bertz CT molecular complexity index is 649. The molecule has 0 aromatic carbocycles. The maximum atomic E-state index is 11.2. The molecule has 4 nitrogen and oxygen atoms in total. The molecule has 0 spiro atoms. The number of carboxylic acid groups (broad SMARTS) is 1. The minimum atomic E-state index is -0.649. The summed E-state index contributed by atoms with van der Waals surface area (Å²) in [7, 11) is 1.88. The molecular formula is C27H46O4. The highest BCUT2D eigenvalue weighted by Gasteiger charge is 2.63. The number of aliphatic carboxylic acids is 1. The van der Waals surface area contributed by atoms with Crippen molar-refractivity contribution in [2.45, 2.75) is 104 Å². The summed E-state index contributed by atoms with van der Waals surface area (Å²) >= 11 is 0. The first-order chi connectivity index (χ1) is 14.7. The van der Waals surface area contributed by atoms with E-state index in [1.54, 1.807) is 0 Å². The third-order valence-electron chi connectivity index (χ3n) is 10.9. The Kier molecular flexibility index (Phi) is 6.81. The zero-order valence-electron chi connectivity index (χ0n) is 20.6. The molecule has 1 N–H and O–H groups in total. The average molecular weight is 435 g/mol. The molecule has 0 heterocycles. The van der Waals surface area contributed by atoms with Crippen LogP contribution in [0.2, 0.25) is 0 Å². The van der Waals surface area contributed by atoms with E-state index in [1.807, 2.05) is 7.11 Å². The van der Waals surface area contributed by atoms with Gasteiger partial charge < -0.3 is 14.6 Å². The second-order valence-corrected chi connectivity index (χ2v) is 12.0. The first-order valence-electron chi connectivity index (χ1n) is 13.1. The molecule has 0 aliphatic heterocycles. The van der Waals surface area contributed by atoms with Gasteiger partial charge in [0.05, 0.1) is 12.2 Å². The van der Waals surface area contributed by atoms with E-state index in [1.165, 1.54) is 51.4 Å². The van der Waals surface area contributed by atoms with Crippen LogP contribution in [0.25, 0.3) is 0 Å². The molecule has 10 unspecified atom stereocenters. The van der Waals surface area contributed by atoms with Crippen LogP contribution in [-0.4, -0.2) is 37.0 Å². The Morgan fingerprint density at radius 2 is 1.77 bits per heavy atom. The van der Waals surface area contributed by atoms with Crippen LogP contribution in [0.3, 0.4) is 0 Å². The molecule has 4 heteroatoms. The van der Waals surface area contributed by atoms with Gasteiger partial charge in [-0.1, -0.05) is 20.8 Å². The van der Waals surface area contributed by atoms with E-state index in [9.17, 15) is 9.90 Å². The molecule has 178 valence electrons. The summed E-state index contributed by atoms with van der Waals surface area (Å²) in [4.78, 5) is 11.2. The highest BCUT2D eigenvalue weighted by Crippen LogP contribution is 2.68. The lowest BCUT2D eigenvalue weighted by Crippen LogP contribution is -2.59. The number of fused-ring (bicyclic) bond motifs is 5. The van der Waals surface area contributed by atoms with Crippen LogP contribution in [0.1, 0.15) is 91.9 Å². The van der Waals surface area contributed by atoms with Crippen molar-refractivity contribution in [1.29, 1.82) is 0 Å². The van der Waals surface area contributed by atoms with Gasteiger partial charge >= 0.3 is 5.97 Å². The molecule has 0 bridgehead atoms. The van der Waals surface area contributed by atoms with Gasteiger partial charge in [0.1, 0.15) is 0 Å². The predicted molar refractivity (Wildman–Crippen MR) is 123 cm³/mol. The molecule has 0 aromatic rings. The highest BCUT2D eigenvalue weighted by molar-refractivity contribution is 5.66. The molecule has 0 amide bonds. The molecule has 10 atom stereocenters. The summed E-state index contributed by atoms with van der Waals surface area (Å²) in [6, 6.07) is 0. The van der Waals surface area contributed by atoms with Gasteiger partial charge in [0, 0.05) is 20.1 Å². The van der Waals surface area contributed by atoms with Gasteiger partial charge in [-0.3, -0.25) is 4.79 Å². The Hall–Kier alpha value is -0.610. The smallest absolute Gasteiger partial charge is 0.303 e. The van der Waals surface area contributed by atoms with Gasteiger partial charge in [-0.2, -0.15) is 0 Å². The van der Waals surface area contributed by atoms with Crippen molar-refractivity contribution < 1.29 is 19.4 Å². The second-order valence-electron chi connectivity index (χ2n) is 12.0. The molecule has 0 radical (unpaired) electrons. The molecule has 4 aliphatic carbocycles. The van der Waals surface area contributed by atoms with Crippen molar-refractivity contribution in [2.24, 2.45) is 46.3 Å². The maximum Gasteiger partial charge on any atom is 0.303 e. The van der Waals surface area contributed by atoms with Crippen molar-refractivity contribution in [1.82, 2.24) is 0 Å². The predicted octanol–water partition coefficient (Wildman–Crippen LogP) is 6.18. The lowest BCUT2D eigenvalue weighted by Gasteiger charge is -2.63. The first kappa shape index (κ1) is 23.5. The van der Waals surface area contributed by atoms with E-state index in [2.05, 4.69) is 27.7 Å². The Morgan fingerprint density at radius 1 is 1.06 bits per heavy atom. The SMILES string of the molecule is CCOC1CC2CC(OC)CCC2(C)C2CCC3(C)C(C(C)CCC(=O)O)CCC3C12. The van der Waals surface area contributed by atoms with E-state index in [-0.39, 0.29) is 0 Å². The number of hydrogen-bond donors (Lipinski definition) is 1. The van der Waals surface area contributed by atoms with Crippen LogP contribution in [0.4, 0.5) is 0 Å². The highest BCUT2D eigenvalue weighted by atomic mass is 16.5. The molecule has 0 aromatic heterocycles. The lowest BCUT2D eigenvalue weighted by molar-refractivity contribution is -0.189. The number of rotatable bonds is 7. The summed E-state index contributed by atoms with van der Waals surface area (Å²) in [5.74, 6) is 3.41. The van der Waals surface area contributed by atoms with Gasteiger partial charge in [-0.05, 0) is 111 Å². The average Bonchev–Trinajstić information content (AvgIpc) is 3.09. The molecular weight excluding hydrogens is 388 g/mol. The van der Waals surface area contributed by atoms with Crippen LogP contribution >= 0.6 is 0 Å². The fraction of sp³-hybridized carbons (Fsp3) is 0.963. The van der Waals surface area contributed by atoms with Crippen molar-refractivity contribution in [3.05, 3.63) is 0 Å². The van der Waals surface area contributed by atoms with Gasteiger partial charge in [0.25, 0.3) is 0 Å². The quantitative estimate of drug-likeness (QED) is 0.520. The monoisotopic (exact) mass is 434 g/mol. The Labute approximate surface area is 189 Å². The third-order valence-corrected chi connectivity index (χ3v) is 10.9. The van der Waals surface area contributed by atoms with E-state index in [0.29, 0.717) is 47.2 Å². The van der Waals surface area contributed by atoms with E-state index in [0.717, 1.165) is 30.8 Å². The number of hydrogen-bond acceptors (Lipinski definition) is 3. The van der Waals surface area contributed by atoms with Crippen molar-refractivity contribution >= 4 is 5.97 Å². The van der Waals surface area contributed by atoms with Gasteiger partial charge in [0.15, 0.2) is 0 Å². The minimum absolute atomic E-state index is 0.312. The fourth-order valence-corrected chi connectivity index (χ4v) is 9.29. The van der Waals surface area contributed by atoms with Crippen molar-refractivity contribution in [3.63, 3.8) is 0 Å². The number of carbonyl (C=O) groups is 1. The van der Waals surface area contributed by atoms with Crippen LogP contribution in [0.5, 0.6) is 0 Å². The molecule has 4 saturated carbocycles. The summed E-state index contributed by atoms with van der Waals surface area (Å²) in [6.45, 7) is 10.5. The zero-order chi connectivity index (χ0) is 22.4. The summed E-state index contributed by atoms with van der Waals surface area (Å²) in [5.41, 5.74) is 0.781. The molecule has 0 saturated heterocycles. The van der Waals surface area contributed by atoms with Crippen LogP contribution < -0.4 is 0 Å². The lowest BCUT2D eigenvalue weighted by atomic mass is 9.43.